The van der Waals surface area contributed by atoms with Crippen LogP contribution in [0.1, 0.15) is 71.4 Å². The van der Waals surface area contributed by atoms with E-state index in [0.29, 0.717) is 0 Å². The van der Waals surface area contributed by atoms with Gasteiger partial charge >= 0.3 is 0 Å². The second-order valence-corrected chi connectivity index (χ2v) is 16.8. The molecular weight excluding hydrogens is 739 g/mol. The number of allylic oxidation sites excluding steroid dienone is 9. The Kier molecular flexibility index (Phi) is 9.85. The highest BCUT2D eigenvalue weighted by Gasteiger charge is 2.38. The number of para-hydroxylation sites is 1. The van der Waals surface area contributed by atoms with Gasteiger partial charge < -0.3 is 9.32 Å². The van der Waals surface area contributed by atoms with Gasteiger partial charge in [0.1, 0.15) is 11.3 Å². The van der Waals surface area contributed by atoms with Gasteiger partial charge in [-0.25, -0.2) is 0 Å². The van der Waals surface area contributed by atoms with Gasteiger partial charge in [-0.1, -0.05) is 179 Å². The molecule has 61 heavy (non-hydrogen) atoms. The van der Waals surface area contributed by atoms with Crippen LogP contribution in [-0.4, -0.2) is 0 Å². The van der Waals surface area contributed by atoms with Crippen LogP contribution in [0.5, 0.6) is 0 Å². The van der Waals surface area contributed by atoms with Crippen molar-refractivity contribution in [3.63, 3.8) is 0 Å². The molecule has 0 aliphatic heterocycles. The lowest BCUT2D eigenvalue weighted by molar-refractivity contribution is 0.607. The summed E-state index contributed by atoms with van der Waals surface area (Å²) in [5.41, 5.74) is 16.6. The third-order valence-electron chi connectivity index (χ3n) is 12.8. The summed E-state index contributed by atoms with van der Waals surface area (Å²) in [7, 11) is 0. The van der Waals surface area contributed by atoms with E-state index >= 15 is 0 Å². The van der Waals surface area contributed by atoms with Crippen molar-refractivity contribution in [2.24, 2.45) is 5.92 Å². The zero-order valence-corrected chi connectivity index (χ0v) is 34.9. The van der Waals surface area contributed by atoms with Crippen LogP contribution in [-0.2, 0) is 11.8 Å². The van der Waals surface area contributed by atoms with Crippen LogP contribution in [0.15, 0.2) is 193 Å². The first kappa shape index (κ1) is 38.1. The maximum Gasteiger partial charge on any atom is 0.143 e. The Labute approximate surface area is 359 Å². The molecule has 0 N–H and O–H groups in total. The second kappa shape index (κ2) is 15.8. The van der Waals surface area contributed by atoms with Crippen molar-refractivity contribution < 1.29 is 4.42 Å². The van der Waals surface area contributed by atoms with Gasteiger partial charge in [-0.05, 0) is 118 Å². The van der Waals surface area contributed by atoms with Crippen LogP contribution < -0.4 is 4.90 Å². The minimum Gasteiger partial charge on any atom is -0.455 e. The normalized spacial score (nSPS) is 16.5. The molecule has 0 radical (unpaired) electrons. The molecule has 0 spiro atoms. The Bertz CT molecular complexity index is 3080. The number of hydrogen-bond donors (Lipinski definition) is 0. The Morgan fingerprint density at radius 1 is 0.738 bits per heavy atom. The van der Waals surface area contributed by atoms with Crippen molar-refractivity contribution >= 4 is 63.0 Å². The summed E-state index contributed by atoms with van der Waals surface area (Å²) in [4.78, 5) is 2.40. The van der Waals surface area contributed by atoms with Crippen molar-refractivity contribution in [1.29, 1.82) is 0 Å². The number of nitrogens with zero attached hydrogens (tertiary/aromatic N) is 1. The molecule has 2 heteroatoms. The lowest BCUT2D eigenvalue weighted by atomic mass is 9.82. The van der Waals surface area contributed by atoms with Gasteiger partial charge in [-0.15, -0.1) is 0 Å². The summed E-state index contributed by atoms with van der Waals surface area (Å²) in [6.45, 7) is 13.3. The molecule has 1 heterocycles. The minimum absolute atomic E-state index is 0.148. The first-order chi connectivity index (χ1) is 29.9. The quantitative estimate of drug-likeness (QED) is 0.128. The van der Waals surface area contributed by atoms with E-state index in [1.807, 2.05) is 12.2 Å². The summed E-state index contributed by atoms with van der Waals surface area (Å²) in [5.74, 6) is 1.02. The Balaban J connectivity index is 1.09. The molecular formula is C59H49NO. The number of fused-ring (bicyclic) bond motifs is 7. The summed E-state index contributed by atoms with van der Waals surface area (Å²) in [6.07, 6.45) is 29.8. The third-order valence-corrected chi connectivity index (χ3v) is 12.8. The number of furan rings is 1. The fourth-order valence-corrected chi connectivity index (χ4v) is 9.79. The molecule has 1 atom stereocenters. The van der Waals surface area contributed by atoms with E-state index in [2.05, 4.69) is 214 Å². The molecule has 10 rings (SSSR count). The number of anilines is 2. The van der Waals surface area contributed by atoms with Crippen LogP contribution >= 0.6 is 0 Å². The van der Waals surface area contributed by atoms with Crippen LogP contribution in [0.3, 0.4) is 0 Å². The molecule has 2 nitrogen and oxygen atoms in total. The highest BCUT2D eigenvalue weighted by atomic mass is 16.3. The number of benzene rings is 6. The van der Waals surface area contributed by atoms with E-state index in [9.17, 15) is 0 Å². The fraction of sp³-hybridized carbons (Fsp3) is 0.119. The average molecular weight is 788 g/mol. The van der Waals surface area contributed by atoms with E-state index in [1.54, 1.807) is 0 Å². The molecule has 1 aromatic heterocycles. The number of rotatable bonds is 10. The molecule has 3 aliphatic rings. The SMILES string of the molecule is C=C/C(=C\C=C\C1C=C(c2cccc3c2C=CCC3)C=CC1)N(c1ccccc1/C=C/c1c(C=C)oc2c1ccc1ccccc12)c1cccc2c1-c1ccccc1C2(C)C. The maximum absolute atomic E-state index is 6.49. The van der Waals surface area contributed by atoms with E-state index in [0.717, 1.165) is 75.0 Å². The molecule has 0 bridgehead atoms. The van der Waals surface area contributed by atoms with Crippen LogP contribution in [0.2, 0.25) is 0 Å². The zero-order chi connectivity index (χ0) is 41.5. The standard InChI is InChI=1S/C59H49NO/c1-5-45(26-16-20-40-19-15-25-44(39-40)47-30-17-24-41-21-7-10-27-46(41)47)60(55-34-18-32-53-57(55)51-29-12-13-31-52(51)59(53,3)4)54-33-14-9-23-43(54)36-37-49-50-38-35-42-22-8-11-28-48(42)58(50)61-56(49)6-2/h5-6,8-18,20,22-40H,1-2,7,19,21H2,3-4H3/b20-16+,37-36+,45-26+. The number of hydrogen-bond acceptors (Lipinski definition) is 2. The molecule has 0 saturated heterocycles. The zero-order valence-electron chi connectivity index (χ0n) is 34.9. The van der Waals surface area contributed by atoms with E-state index < -0.39 is 0 Å². The number of aryl methyl sites for hydroxylation is 1. The van der Waals surface area contributed by atoms with Gasteiger partial charge in [0.15, 0.2) is 0 Å². The van der Waals surface area contributed by atoms with Gasteiger partial charge in [0.25, 0.3) is 0 Å². The molecule has 1 unspecified atom stereocenters. The predicted octanol–water partition coefficient (Wildman–Crippen LogP) is 16.1. The summed E-state index contributed by atoms with van der Waals surface area (Å²) < 4.78 is 6.49. The molecule has 6 aromatic carbocycles. The Morgan fingerprint density at radius 2 is 1.52 bits per heavy atom. The highest BCUT2D eigenvalue weighted by Crippen LogP contribution is 2.54. The van der Waals surface area contributed by atoms with E-state index in [-0.39, 0.29) is 11.3 Å². The molecule has 0 amide bonds. The van der Waals surface area contributed by atoms with Crippen LogP contribution in [0, 0.1) is 5.92 Å². The van der Waals surface area contributed by atoms with Crippen LogP contribution in [0.25, 0.3) is 62.7 Å². The van der Waals surface area contributed by atoms with Crippen molar-refractivity contribution in [2.45, 2.75) is 38.5 Å². The van der Waals surface area contributed by atoms with Crippen molar-refractivity contribution in [3.05, 3.63) is 233 Å². The van der Waals surface area contributed by atoms with Crippen LogP contribution in [0.4, 0.5) is 11.4 Å². The molecule has 7 aromatic rings. The summed E-state index contributed by atoms with van der Waals surface area (Å²) in [6, 6.07) is 43.8. The van der Waals surface area contributed by atoms with Gasteiger partial charge in [-0.2, -0.15) is 0 Å². The molecule has 0 fully saturated rings. The lowest BCUT2D eigenvalue weighted by Crippen LogP contribution is -2.18. The monoisotopic (exact) mass is 787 g/mol. The van der Waals surface area contributed by atoms with Crippen molar-refractivity contribution in [2.75, 3.05) is 4.90 Å². The Morgan fingerprint density at radius 3 is 2.43 bits per heavy atom. The molecule has 3 aliphatic carbocycles. The smallest absolute Gasteiger partial charge is 0.143 e. The lowest BCUT2D eigenvalue weighted by Gasteiger charge is -2.30. The van der Waals surface area contributed by atoms with Gasteiger partial charge in [0, 0.05) is 33.0 Å². The van der Waals surface area contributed by atoms with Gasteiger partial charge in [-0.3, -0.25) is 0 Å². The van der Waals surface area contributed by atoms with Gasteiger partial charge in [0.2, 0.25) is 0 Å². The second-order valence-electron chi connectivity index (χ2n) is 16.8. The predicted molar refractivity (Wildman–Crippen MR) is 262 cm³/mol. The molecule has 0 saturated carbocycles. The Hall–Kier alpha value is -7.16. The van der Waals surface area contributed by atoms with Crippen molar-refractivity contribution in [1.82, 2.24) is 0 Å². The maximum atomic E-state index is 6.49. The average Bonchev–Trinajstić information content (AvgIpc) is 3.79. The highest BCUT2D eigenvalue weighted by molar-refractivity contribution is 6.09. The van der Waals surface area contributed by atoms with E-state index in [1.165, 1.54) is 44.5 Å². The van der Waals surface area contributed by atoms with Gasteiger partial charge in [0.05, 0.1) is 11.4 Å². The minimum atomic E-state index is -0.148. The third kappa shape index (κ3) is 6.69. The molecule has 296 valence electrons. The summed E-state index contributed by atoms with van der Waals surface area (Å²) in [5, 5.41) is 3.31. The topological polar surface area (TPSA) is 16.4 Å². The first-order valence-corrected chi connectivity index (χ1v) is 21.5. The van der Waals surface area contributed by atoms with Crippen molar-refractivity contribution in [3.8, 4) is 11.1 Å². The fourth-order valence-electron chi connectivity index (χ4n) is 9.79. The largest absolute Gasteiger partial charge is 0.455 e. The van der Waals surface area contributed by atoms with E-state index in [4.69, 9.17) is 4.42 Å². The first-order valence-electron chi connectivity index (χ1n) is 21.5. The summed E-state index contributed by atoms with van der Waals surface area (Å²) >= 11 is 0.